The van der Waals surface area contributed by atoms with Crippen molar-refractivity contribution in [3.8, 4) is 0 Å². The Morgan fingerprint density at radius 1 is 1.42 bits per heavy atom. The standard InChI is InChI=1S/C12H9F2N3O2/c1-17-6-11(15-7-17)12(18)19-16-5-8-2-3-9(13)10(14)4-8/h2-7H,1H3. The Bertz CT molecular complexity index is 638. The van der Waals surface area contributed by atoms with Gasteiger partial charge in [0.1, 0.15) is 0 Å². The molecule has 0 aliphatic rings. The van der Waals surface area contributed by atoms with Gasteiger partial charge in [0, 0.05) is 13.2 Å². The lowest BCUT2D eigenvalue weighted by Crippen LogP contribution is -2.01. The highest BCUT2D eigenvalue weighted by molar-refractivity contribution is 5.87. The van der Waals surface area contributed by atoms with Crippen molar-refractivity contribution >= 4 is 12.2 Å². The van der Waals surface area contributed by atoms with Crippen LogP contribution in [0.5, 0.6) is 0 Å². The molecular weight excluding hydrogens is 256 g/mol. The zero-order valence-corrected chi connectivity index (χ0v) is 9.88. The maximum absolute atomic E-state index is 12.9. The summed E-state index contributed by atoms with van der Waals surface area (Å²) in [5, 5.41) is 3.39. The molecule has 0 N–H and O–H groups in total. The highest BCUT2D eigenvalue weighted by Gasteiger charge is 2.09. The summed E-state index contributed by atoms with van der Waals surface area (Å²) in [6.07, 6.45) is 4.01. The molecule has 5 nitrogen and oxygen atoms in total. The minimum absolute atomic E-state index is 0.102. The van der Waals surface area contributed by atoms with E-state index in [2.05, 4.69) is 15.0 Å². The van der Waals surface area contributed by atoms with Crippen molar-refractivity contribution in [3.63, 3.8) is 0 Å². The molecule has 0 radical (unpaired) electrons. The smallest absolute Gasteiger partial charge is 0.340 e. The third-order valence-corrected chi connectivity index (χ3v) is 2.20. The lowest BCUT2D eigenvalue weighted by atomic mass is 10.2. The lowest BCUT2D eigenvalue weighted by molar-refractivity contribution is 0.0513. The summed E-state index contributed by atoms with van der Waals surface area (Å²) in [7, 11) is 1.70. The molecule has 7 heteroatoms. The highest BCUT2D eigenvalue weighted by atomic mass is 19.2. The molecule has 0 amide bonds. The number of oxime groups is 1. The number of carbonyl (C=O) groups excluding carboxylic acids is 1. The van der Waals surface area contributed by atoms with Crippen LogP contribution in [0, 0.1) is 11.6 Å². The van der Waals surface area contributed by atoms with E-state index in [0.29, 0.717) is 0 Å². The largest absolute Gasteiger partial charge is 0.385 e. The zero-order chi connectivity index (χ0) is 13.8. The molecule has 1 aromatic carbocycles. The van der Waals surface area contributed by atoms with E-state index in [1.807, 2.05) is 0 Å². The fourth-order valence-corrected chi connectivity index (χ4v) is 1.29. The van der Waals surface area contributed by atoms with Gasteiger partial charge >= 0.3 is 5.97 Å². The third kappa shape index (κ3) is 3.21. The Labute approximate surface area is 107 Å². The van der Waals surface area contributed by atoms with Gasteiger partial charge in [0.2, 0.25) is 0 Å². The number of hydrogen-bond donors (Lipinski definition) is 0. The Kier molecular flexibility index (Phi) is 3.65. The van der Waals surface area contributed by atoms with Crippen molar-refractivity contribution in [2.45, 2.75) is 0 Å². The molecule has 1 heterocycles. The van der Waals surface area contributed by atoms with Gasteiger partial charge in [-0.2, -0.15) is 0 Å². The Hall–Kier alpha value is -2.57. The average molecular weight is 265 g/mol. The van der Waals surface area contributed by atoms with Crippen LogP contribution in [0.2, 0.25) is 0 Å². The van der Waals surface area contributed by atoms with E-state index in [4.69, 9.17) is 0 Å². The van der Waals surface area contributed by atoms with Gasteiger partial charge in [0.05, 0.1) is 12.5 Å². The normalized spacial score (nSPS) is 10.9. The lowest BCUT2D eigenvalue weighted by Gasteiger charge is -1.95. The monoisotopic (exact) mass is 265 g/mol. The number of rotatable bonds is 3. The first-order chi connectivity index (χ1) is 9.06. The molecule has 0 spiro atoms. The first-order valence-corrected chi connectivity index (χ1v) is 5.24. The summed E-state index contributed by atoms with van der Waals surface area (Å²) in [6.45, 7) is 0. The van der Waals surface area contributed by atoms with Crippen LogP contribution >= 0.6 is 0 Å². The summed E-state index contributed by atoms with van der Waals surface area (Å²) in [5.74, 6) is -2.69. The van der Waals surface area contributed by atoms with E-state index in [1.165, 1.54) is 18.6 Å². The van der Waals surface area contributed by atoms with Crippen molar-refractivity contribution < 1.29 is 18.4 Å². The summed E-state index contributed by atoms with van der Waals surface area (Å²) >= 11 is 0. The maximum Gasteiger partial charge on any atom is 0.385 e. The SMILES string of the molecule is Cn1cnc(C(=O)ON=Cc2ccc(F)c(F)c2)c1. The minimum atomic E-state index is -1.000. The molecule has 1 aromatic heterocycles. The second kappa shape index (κ2) is 5.38. The van der Waals surface area contributed by atoms with E-state index in [-0.39, 0.29) is 11.3 Å². The minimum Gasteiger partial charge on any atom is -0.340 e. The van der Waals surface area contributed by atoms with E-state index in [1.54, 1.807) is 11.6 Å². The van der Waals surface area contributed by atoms with Crippen LogP contribution in [0.4, 0.5) is 8.78 Å². The number of benzene rings is 1. The molecule has 0 fully saturated rings. The molecular formula is C12H9F2N3O2. The number of halogens is 2. The summed E-state index contributed by atoms with van der Waals surface area (Å²) in [4.78, 5) is 19.7. The van der Waals surface area contributed by atoms with Gasteiger partial charge in [0.15, 0.2) is 17.3 Å². The van der Waals surface area contributed by atoms with Crippen molar-refractivity contribution in [2.75, 3.05) is 0 Å². The Morgan fingerprint density at radius 3 is 2.84 bits per heavy atom. The first-order valence-electron chi connectivity index (χ1n) is 5.24. The molecule has 0 saturated heterocycles. The van der Waals surface area contributed by atoms with Gasteiger partial charge in [-0.05, 0) is 17.7 Å². The first kappa shape index (κ1) is 12.9. The van der Waals surface area contributed by atoms with Crippen LogP contribution in [-0.2, 0) is 11.9 Å². The summed E-state index contributed by atoms with van der Waals surface area (Å²) in [5.41, 5.74) is 0.373. The second-order valence-corrected chi connectivity index (χ2v) is 3.71. The van der Waals surface area contributed by atoms with E-state index in [0.717, 1.165) is 18.3 Å². The van der Waals surface area contributed by atoms with Crippen LogP contribution in [0.3, 0.4) is 0 Å². The van der Waals surface area contributed by atoms with Gasteiger partial charge in [-0.3, -0.25) is 0 Å². The van der Waals surface area contributed by atoms with Crippen LogP contribution < -0.4 is 0 Å². The molecule has 2 aromatic rings. The summed E-state index contributed by atoms with van der Waals surface area (Å²) in [6, 6.07) is 3.20. The van der Waals surface area contributed by atoms with Crippen molar-refractivity contribution in [1.29, 1.82) is 0 Å². The fraction of sp³-hybridized carbons (Fsp3) is 0.0833. The predicted molar refractivity (Wildman–Crippen MR) is 62.6 cm³/mol. The zero-order valence-electron chi connectivity index (χ0n) is 9.88. The Morgan fingerprint density at radius 2 is 2.21 bits per heavy atom. The van der Waals surface area contributed by atoms with Crippen molar-refractivity contribution in [2.24, 2.45) is 12.2 Å². The number of nitrogens with zero attached hydrogens (tertiary/aromatic N) is 3. The average Bonchev–Trinajstić information content (AvgIpc) is 2.80. The molecule has 98 valence electrons. The van der Waals surface area contributed by atoms with E-state index >= 15 is 0 Å². The molecule has 0 atom stereocenters. The summed E-state index contributed by atoms with van der Waals surface area (Å²) < 4.78 is 27.1. The molecule has 0 unspecified atom stereocenters. The number of imidazole rings is 1. The van der Waals surface area contributed by atoms with Crippen LogP contribution in [-0.4, -0.2) is 21.7 Å². The number of carbonyl (C=O) groups is 1. The van der Waals surface area contributed by atoms with Gasteiger partial charge < -0.3 is 9.40 Å². The molecule has 0 bridgehead atoms. The van der Waals surface area contributed by atoms with Crippen molar-refractivity contribution in [1.82, 2.24) is 9.55 Å². The maximum atomic E-state index is 12.9. The van der Waals surface area contributed by atoms with E-state index < -0.39 is 17.6 Å². The number of hydrogen-bond acceptors (Lipinski definition) is 4. The topological polar surface area (TPSA) is 56.5 Å². The van der Waals surface area contributed by atoms with E-state index in [9.17, 15) is 13.6 Å². The van der Waals surface area contributed by atoms with Crippen LogP contribution in [0.25, 0.3) is 0 Å². The van der Waals surface area contributed by atoms with Crippen molar-refractivity contribution in [3.05, 3.63) is 53.6 Å². The van der Waals surface area contributed by atoms with Crippen LogP contribution in [0.1, 0.15) is 16.1 Å². The quantitative estimate of drug-likeness (QED) is 0.484. The third-order valence-electron chi connectivity index (χ3n) is 2.20. The number of aryl methyl sites for hydroxylation is 1. The van der Waals surface area contributed by atoms with Gasteiger partial charge in [-0.25, -0.2) is 18.6 Å². The second-order valence-electron chi connectivity index (χ2n) is 3.71. The highest BCUT2D eigenvalue weighted by Crippen LogP contribution is 2.07. The predicted octanol–water partition coefficient (Wildman–Crippen LogP) is 1.89. The van der Waals surface area contributed by atoms with Gasteiger partial charge in [-0.15, -0.1) is 0 Å². The van der Waals surface area contributed by atoms with Gasteiger partial charge in [0.25, 0.3) is 0 Å². The van der Waals surface area contributed by atoms with Gasteiger partial charge in [-0.1, -0.05) is 11.2 Å². The molecule has 0 aliphatic carbocycles. The molecule has 2 rings (SSSR count). The molecule has 0 aliphatic heterocycles. The van der Waals surface area contributed by atoms with Crippen LogP contribution in [0.15, 0.2) is 35.9 Å². The molecule has 0 saturated carbocycles. The number of aromatic nitrogens is 2. The fourth-order valence-electron chi connectivity index (χ4n) is 1.29. The Balaban J connectivity index is 2.00. The molecule has 19 heavy (non-hydrogen) atoms.